The highest BCUT2D eigenvalue weighted by atomic mass is 16.5. The predicted molar refractivity (Wildman–Crippen MR) is 97.7 cm³/mol. The zero-order valence-corrected chi connectivity index (χ0v) is 15.1. The minimum Gasteiger partial charge on any atom is -0.493 e. The van der Waals surface area contributed by atoms with Gasteiger partial charge in [0.25, 0.3) is 5.91 Å². The zero-order chi connectivity index (χ0) is 18.2. The van der Waals surface area contributed by atoms with E-state index in [1.54, 1.807) is 38.6 Å². The van der Waals surface area contributed by atoms with Crippen molar-refractivity contribution < 1.29 is 14.3 Å². The van der Waals surface area contributed by atoms with Crippen molar-refractivity contribution in [3.05, 3.63) is 36.3 Å². The molecule has 7 nitrogen and oxygen atoms in total. The van der Waals surface area contributed by atoms with E-state index in [1.807, 2.05) is 11.9 Å². The van der Waals surface area contributed by atoms with E-state index in [0.717, 1.165) is 25.2 Å². The van der Waals surface area contributed by atoms with Crippen LogP contribution in [-0.4, -0.2) is 43.7 Å². The Morgan fingerprint density at radius 1 is 1.16 bits per heavy atom. The minimum atomic E-state index is -0.331. The van der Waals surface area contributed by atoms with E-state index >= 15 is 0 Å². The number of nitrogens with zero attached hydrogens (tertiary/aromatic N) is 3. The van der Waals surface area contributed by atoms with E-state index in [4.69, 9.17) is 9.47 Å². The van der Waals surface area contributed by atoms with Gasteiger partial charge in [-0.2, -0.15) is 0 Å². The molecular weight excluding hydrogens is 320 g/mol. The van der Waals surface area contributed by atoms with Gasteiger partial charge >= 0.3 is 0 Å². The summed E-state index contributed by atoms with van der Waals surface area (Å²) in [5.74, 6) is 1.55. The number of methoxy groups -OCH3 is 2. The molecule has 0 saturated carbocycles. The van der Waals surface area contributed by atoms with Gasteiger partial charge in [0.15, 0.2) is 11.5 Å². The van der Waals surface area contributed by atoms with Crippen molar-refractivity contribution in [1.82, 2.24) is 9.97 Å². The van der Waals surface area contributed by atoms with Crippen LogP contribution in [0.4, 0.5) is 11.5 Å². The van der Waals surface area contributed by atoms with Gasteiger partial charge in [0, 0.05) is 25.3 Å². The summed E-state index contributed by atoms with van der Waals surface area (Å²) in [5.41, 5.74) is 0.844. The normalized spacial score (nSPS) is 10.2. The molecule has 0 aliphatic rings. The fourth-order valence-corrected chi connectivity index (χ4v) is 2.25. The van der Waals surface area contributed by atoms with Crippen LogP contribution in [-0.2, 0) is 0 Å². The molecule has 0 aliphatic carbocycles. The average Bonchev–Trinajstić information content (AvgIpc) is 2.66. The van der Waals surface area contributed by atoms with Gasteiger partial charge in [-0.15, -0.1) is 0 Å². The number of benzene rings is 1. The van der Waals surface area contributed by atoms with Crippen molar-refractivity contribution in [3.63, 3.8) is 0 Å². The molecule has 0 fully saturated rings. The highest BCUT2D eigenvalue weighted by Gasteiger charge is 2.12. The Hall–Kier alpha value is -2.83. The minimum absolute atomic E-state index is 0.252. The van der Waals surface area contributed by atoms with Crippen molar-refractivity contribution in [3.8, 4) is 11.5 Å². The van der Waals surface area contributed by atoms with Crippen LogP contribution in [0.5, 0.6) is 11.5 Å². The number of unbranched alkanes of at least 4 members (excludes halogenated alkanes) is 1. The van der Waals surface area contributed by atoms with E-state index in [9.17, 15) is 4.79 Å². The lowest BCUT2D eigenvalue weighted by Gasteiger charge is -2.17. The maximum absolute atomic E-state index is 12.3. The van der Waals surface area contributed by atoms with Gasteiger partial charge in [-0.1, -0.05) is 13.3 Å². The first kappa shape index (κ1) is 18.5. The average molecular weight is 344 g/mol. The number of hydrogen-bond acceptors (Lipinski definition) is 6. The summed E-state index contributed by atoms with van der Waals surface area (Å²) >= 11 is 0. The number of amides is 1. The second-order valence-corrected chi connectivity index (χ2v) is 5.56. The maximum Gasteiger partial charge on any atom is 0.275 e. The quantitative estimate of drug-likeness (QED) is 0.793. The van der Waals surface area contributed by atoms with Crippen molar-refractivity contribution in [2.24, 2.45) is 0 Å². The molecule has 7 heteroatoms. The number of carbonyl (C=O) groups is 1. The molecule has 0 saturated heterocycles. The highest BCUT2D eigenvalue weighted by molar-refractivity contribution is 6.02. The van der Waals surface area contributed by atoms with Gasteiger partial charge in [0.05, 0.1) is 26.6 Å². The van der Waals surface area contributed by atoms with E-state index in [2.05, 4.69) is 22.2 Å². The fraction of sp³-hybridized carbons (Fsp3) is 0.389. The van der Waals surface area contributed by atoms with Gasteiger partial charge < -0.3 is 19.7 Å². The second-order valence-electron chi connectivity index (χ2n) is 5.56. The summed E-state index contributed by atoms with van der Waals surface area (Å²) in [6, 6.07) is 5.16. The van der Waals surface area contributed by atoms with Gasteiger partial charge in [-0.3, -0.25) is 4.79 Å². The third kappa shape index (κ3) is 4.82. The topological polar surface area (TPSA) is 76.6 Å². The van der Waals surface area contributed by atoms with Crippen LogP contribution in [0.25, 0.3) is 0 Å². The van der Waals surface area contributed by atoms with Crippen LogP contribution < -0.4 is 19.7 Å². The smallest absolute Gasteiger partial charge is 0.275 e. The monoisotopic (exact) mass is 344 g/mol. The molecule has 2 aromatic rings. The first-order chi connectivity index (χ1) is 12.1. The second kappa shape index (κ2) is 8.86. The first-order valence-corrected chi connectivity index (χ1v) is 8.15. The van der Waals surface area contributed by atoms with Gasteiger partial charge in [0.1, 0.15) is 11.5 Å². The molecule has 0 radical (unpaired) electrons. The fourth-order valence-electron chi connectivity index (χ4n) is 2.25. The third-order valence-corrected chi connectivity index (χ3v) is 3.75. The summed E-state index contributed by atoms with van der Waals surface area (Å²) in [5, 5.41) is 2.78. The Bertz CT molecular complexity index is 704. The summed E-state index contributed by atoms with van der Waals surface area (Å²) in [4.78, 5) is 22.9. The number of anilines is 2. The number of ether oxygens (including phenoxy) is 2. The summed E-state index contributed by atoms with van der Waals surface area (Å²) in [7, 11) is 5.07. The molecule has 2 rings (SSSR count). The molecule has 1 N–H and O–H groups in total. The molecule has 1 aromatic heterocycles. The lowest BCUT2D eigenvalue weighted by atomic mass is 10.2. The molecule has 0 bridgehead atoms. The zero-order valence-electron chi connectivity index (χ0n) is 15.1. The molecule has 1 heterocycles. The lowest BCUT2D eigenvalue weighted by molar-refractivity contribution is 0.102. The van der Waals surface area contributed by atoms with Crippen LogP contribution >= 0.6 is 0 Å². The summed E-state index contributed by atoms with van der Waals surface area (Å²) < 4.78 is 10.4. The van der Waals surface area contributed by atoms with Gasteiger partial charge in [-0.05, 0) is 18.6 Å². The Morgan fingerprint density at radius 3 is 2.52 bits per heavy atom. The third-order valence-electron chi connectivity index (χ3n) is 3.75. The Balaban J connectivity index is 2.06. The first-order valence-electron chi connectivity index (χ1n) is 8.15. The standard InChI is InChI=1S/C18H24N4O3/c1-5-6-9-22(2)17-12-19-14(11-20-17)18(23)21-13-7-8-15(24-3)16(10-13)25-4/h7-8,10-12H,5-6,9H2,1-4H3,(H,21,23). The van der Waals surface area contributed by atoms with Crippen molar-refractivity contribution in [2.45, 2.75) is 19.8 Å². The molecule has 0 spiro atoms. The van der Waals surface area contributed by atoms with Crippen molar-refractivity contribution >= 4 is 17.4 Å². The molecular formula is C18H24N4O3. The molecule has 25 heavy (non-hydrogen) atoms. The molecule has 134 valence electrons. The molecule has 1 amide bonds. The van der Waals surface area contributed by atoms with E-state index < -0.39 is 0 Å². The van der Waals surface area contributed by atoms with Crippen LogP contribution in [0.3, 0.4) is 0 Å². The number of aromatic nitrogens is 2. The Morgan fingerprint density at radius 2 is 1.92 bits per heavy atom. The van der Waals surface area contributed by atoms with Crippen LogP contribution in [0.2, 0.25) is 0 Å². The number of rotatable bonds is 8. The SMILES string of the molecule is CCCCN(C)c1cnc(C(=O)Nc2ccc(OC)c(OC)c2)cn1. The Kier molecular flexibility index (Phi) is 6.56. The molecule has 1 aromatic carbocycles. The van der Waals surface area contributed by atoms with Gasteiger partial charge in [0.2, 0.25) is 0 Å². The molecule has 0 aliphatic heterocycles. The number of carbonyl (C=O) groups excluding carboxylic acids is 1. The number of hydrogen-bond donors (Lipinski definition) is 1. The predicted octanol–water partition coefficient (Wildman–Crippen LogP) is 2.98. The van der Waals surface area contributed by atoms with Crippen LogP contribution in [0.1, 0.15) is 30.3 Å². The van der Waals surface area contributed by atoms with E-state index in [-0.39, 0.29) is 11.6 Å². The summed E-state index contributed by atoms with van der Waals surface area (Å²) in [6.45, 7) is 3.05. The maximum atomic E-state index is 12.3. The lowest BCUT2D eigenvalue weighted by Crippen LogP contribution is -2.21. The highest BCUT2D eigenvalue weighted by Crippen LogP contribution is 2.29. The Labute approximate surface area is 148 Å². The van der Waals surface area contributed by atoms with E-state index in [0.29, 0.717) is 17.2 Å². The van der Waals surface area contributed by atoms with Crippen molar-refractivity contribution in [1.29, 1.82) is 0 Å². The van der Waals surface area contributed by atoms with Crippen LogP contribution in [0.15, 0.2) is 30.6 Å². The largest absolute Gasteiger partial charge is 0.493 e. The van der Waals surface area contributed by atoms with E-state index in [1.165, 1.54) is 6.20 Å². The molecule has 0 unspecified atom stereocenters. The number of nitrogens with one attached hydrogen (secondary N) is 1. The van der Waals surface area contributed by atoms with Crippen molar-refractivity contribution in [2.75, 3.05) is 38.0 Å². The van der Waals surface area contributed by atoms with Gasteiger partial charge in [-0.25, -0.2) is 9.97 Å². The van der Waals surface area contributed by atoms with Crippen LogP contribution in [0, 0.1) is 0 Å². The molecule has 0 atom stereocenters. The summed E-state index contributed by atoms with van der Waals surface area (Å²) in [6.07, 6.45) is 5.29.